The maximum Gasteiger partial charge on any atom is 0.234 e. The molecule has 0 bridgehead atoms. The first-order valence-corrected chi connectivity index (χ1v) is 16.0. The van der Waals surface area contributed by atoms with Crippen molar-refractivity contribution >= 4 is 23.6 Å². The molecule has 47 heavy (non-hydrogen) atoms. The average Bonchev–Trinajstić information content (AvgIpc) is 3.46. The summed E-state index contributed by atoms with van der Waals surface area (Å²) in [6.07, 6.45) is 3.48. The van der Waals surface area contributed by atoms with Gasteiger partial charge in [0.1, 0.15) is 11.5 Å². The van der Waals surface area contributed by atoms with Gasteiger partial charge in [-0.05, 0) is 84.7 Å². The average molecular weight is 637 g/mol. The van der Waals surface area contributed by atoms with Gasteiger partial charge < -0.3 is 20.1 Å². The zero-order chi connectivity index (χ0) is 33.0. The molecule has 6 unspecified atom stereocenters. The Morgan fingerprint density at radius 2 is 1.23 bits per heavy atom. The summed E-state index contributed by atoms with van der Waals surface area (Å²) in [6, 6.07) is 18.3. The van der Waals surface area contributed by atoms with Crippen molar-refractivity contribution in [2.45, 2.75) is 31.6 Å². The SMILES string of the molecule is COc1ccc(C2C3=CCC4C(=O)N(CCc5ccc(O)cc5)C(=O)C4C3CC3C(=O)N(CCc4ccc(O)cc4)C(=O)C32)cc1O. The van der Waals surface area contributed by atoms with E-state index in [0.29, 0.717) is 24.8 Å². The second kappa shape index (κ2) is 11.9. The third-order valence-electron chi connectivity index (χ3n) is 10.5. The van der Waals surface area contributed by atoms with Gasteiger partial charge in [0.25, 0.3) is 0 Å². The van der Waals surface area contributed by atoms with Crippen LogP contribution in [-0.2, 0) is 32.0 Å². The van der Waals surface area contributed by atoms with Gasteiger partial charge in [-0.1, -0.05) is 42.0 Å². The number of hydrogen-bond acceptors (Lipinski definition) is 8. The van der Waals surface area contributed by atoms with Crippen LogP contribution in [0.1, 0.15) is 35.4 Å². The predicted octanol–water partition coefficient (Wildman–Crippen LogP) is 3.93. The van der Waals surface area contributed by atoms with E-state index in [1.165, 1.54) is 16.9 Å². The molecule has 3 aromatic carbocycles. The molecule has 2 saturated heterocycles. The van der Waals surface area contributed by atoms with E-state index in [2.05, 4.69) is 0 Å². The van der Waals surface area contributed by atoms with Gasteiger partial charge in [-0.2, -0.15) is 0 Å². The largest absolute Gasteiger partial charge is 0.508 e. The highest BCUT2D eigenvalue weighted by molar-refractivity contribution is 6.08. The molecule has 0 spiro atoms. The summed E-state index contributed by atoms with van der Waals surface area (Å²) in [4.78, 5) is 58.5. The fourth-order valence-electron chi connectivity index (χ4n) is 8.24. The molecule has 10 nitrogen and oxygen atoms in total. The topological polar surface area (TPSA) is 145 Å². The van der Waals surface area contributed by atoms with Gasteiger partial charge in [0.2, 0.25) is 23.6 Å². The number of nitrogens with zero attached hydrogens (tertiary/aromatic N) is 2. The minimum absolute atomic E-state index is 0.0913. The van der Waals surface area contributed by atoms with Gasteiger partial charge in [-0.25, -0.2) is 0 Å². The molecule has 242 valence electrons. The number of amides is 4. The number of benzene rings is 3. The summed E-state index contributed by atoms with van der Waals surface area (Å²) < 4.78 is 5.26. The first-order valence-electron chi connectivity index (χ1n) is 16.0. The number of phenols is 3. The number of phenolic OH excluding ortho intramolecular Hbond substituents is 3. The third-order valence-corrected chi connectivity index (χ3v) is 10.5. The molecule has 2 aliphatic carbocycles. The maximum atomic E-state index is 14.1. The molecular weight excluding hydrogens is 600 g/mol. The second-order valence-electron chi connectivity index (χ2n) is 12.9. The standard InChI is InChI=1S/C37H36N2O8/c1-47-30-13-6-22(18-29(30)42)31-25-11-12-26-32(36(45)38(34(26)43)16-14-20-2-7-23(40)8-3-20)27(25)19-28-33(31)37(46)39(35(28)44)17-15-21-4-9-24(41)10-5-21/h2-11,13,18,26-28,31-33,40-42H,12,14-17,19H2,1H3. The number of likely N-dealkylation sites (tertiary alicyclic amines) is 2. The van der Waals surface area contributed by atoms with Crippen LogP contribution in [0.15, 0.2) is 78.4 Å². The molecule has 2 heterocycles. The van der Waals surface area contributed by atoms with Crippen molar-refractivity contribution in [2.75, 3.05) is 20.2 Å². The Kier molecular flexibility index (Phi) is 7.74. The number of allylic oxidation sites excluding steroid dienone is 2. The molecule has 6 atom stereocenters. The minimum Gasteiger partial charge on any atom is -0.508 e. The number of imide groups is 2. The molecule has 10 heteroatoms. The maximum absolute atomic E-state index is 14.1. The van der Waals surface area contributed by atoms with Crippen LogP contribution >= 0.6 is 0 Å². The molecule has 3 N–H and O–H groups in total. The number of rotatable bonds is 8. The van der Waals surface area contributed by atoms with Crippen molar-refractivity contribution in [2.24, 2.45) is 29.6 Å². The van der Waals surface area contributed by atoms with Gasteiger partial charge in [-0.15, -0.1) is 0 Å². The number of fused-ring (bicyclic) bond motifs is 4. The van der Waals surface area contributed by atoms with Crippen molar-refractivity contribution in [1.29, 1.82) is 0 Å². The van der Waals surface area contributed by atoms with E-state index in [-0.39, 0.29) is 66.1 Å². The Bertz CT molecular complexity index is 1780. The number of carbonyl (C=O) groups is 4. The van der Waals surface area contributed by atoms with Gasteiger partial charge in [-0.3, -0.25) is 29.0 Å². The molecule has 3 fully saturated rings. The van der Waals surface area contributed by atoms with Gasteiger partial charge in [0.05, 0.1) is 30.8 Å². The molecule has 7 rings (SSSR count). The quantitative estimate of drug-likeness (QED) is 0.249. The molecule has 3 aromatic rings. The Balaban J connectivity index is 1.21. The summed E-state index contributed by atoms with van der Waals surface area (Å²) in [5.74, 6) is -4.19. The van der Waals surface area contributed by atoms with Crippen molar-refractivity contribution in [3.8, 4) is 23.0 Å². The summed E-state index contributed by atoms with van der Waals surface area (Å²) in [6.45, 7) is 0.385. The fraction of sp³-hybridized carbons (Fsp3) is 0.351. The van der Waals surface area contributed by atoms with Crippen LogP contribution in [0.5, 0.6) is 23.0 Å². The van der Waals surface area contributed by atoms with Crippen LogP contribution in [0, 0.1) is 29.6 Å². The van der Waals surface area contributed by atoms with Crippen molar-refractivity contribution in [1.82, 2.24) is 9.80 Å². The van der Waals surface area contributed by atoms with E-state index >= 15 is 0 Å². The zero-order valence-electron chi connectivity index (χ0n) is 25.9. The Morgan fingerprint density at radius 1 is 0.681 bits per heavy atom. The van der Waals surface area contributed by atoms with E-state index in [1.54, 1.807) is 66.7 Å². The van der Waals surface area contributed by atoms with Crippen molar-refractivity contribution in [3.05, 3.63) is 95.1 Å². The van der Waals surface area contributed by atoms with Crippen LogP contribution in [0.4, 0.5) is 0 Å². The lowest BCUT2D eigenvalue weighted by molar-refractivity contribution is -0.142. The Labute approximate surface area is 271 Å². The zero-order valence-corrected chi connectivity index (χ0v) is 25.9. The normalized spacial score (nSPS) is 26.6. The molecular formula is C37H36N2O8. The first kappa shape index (κ1) is 30.5. The van der Waals surface area contributed by atoms with Crippen molar-refractivity contribution < 1.29 is 39.2 Å². The molecule has 0 radical (unpaired) electrons. The Morgan fingerprint density at radius 3 is 1.79 bits per heavy atom. The van der Waals surface area contributed by atoms with Crippen LogP contribution in [0.2, 0.25) is 0 Å². The smallest absolute Gasteiger partial charge is 0.234 e. The highest BCUT2D eigenvalue weighted by Gasteiger charge is 2.61. The molecule has 4 amide bonds. The minimum atomic E-state index is -0.716. The van der Waals surface area contributed by atoms with E-state index in [0.717, 1.165) is 16.7 Å². The van der Waals surface area contributed by atoms with Crippen LogP contribution in [-0.4, -0.2) is 68.9 Å². The summed E-state index contributed by atoms with van der Waals surface area (Å²) in [5.41, 5.74) is 3.27. The number of aromatic hydroxyl groups is 3. The predicted molar refractivity (Wildman–Crippen MR) is 169 cm³/mol. The van der Waals surface area contributed by atoms with Gasteiger partial charge in [0.15, 0.2) is 11.5 Å². The number of hydrogen-bond donors (Lipinski definition) is 3. The van der Waals surface area contributed by atoms with Crippen LogP contribution in [0.25, 0.3) is 0 Å². The Hall–Kier alpha value is -5.12. The molecule has 0 aromatic heterocycles. The van der Waals surface area contributed by atoms with Gasteiger partial charge >= 0.3 is 0 Å². The number of methoxy groups -OCH3 is 1. The third kappa shape index (κ3) is 5.21. The summed E-state index contributed by atoms with van der Waals surface area (Å²) in [5, 5.41) is 30.0. The highest BCUT2D eigenvalue weighted by atomic mass is 16.5. The van der Waals surface area contributed by atoms with Crippen LogP contribution < -0.4 is 4.74 Å². The fourth-order valence-corrected chi connectivity index (χ4v) is 8.24. The van der Waals surface area contributed by atoms with E-state index in [1.807, 2.05) is 6.08 Å². The molecule has 2 aliphatic heterocycles. The lowest BCUT2D eigenvalue weighted by Gasteiger charge is -2.44. The van der Waals surface area contributed by atoms with E-state index in [9.17, 15) is 34.5 Å². The highest BCUT2D eigenvalue weighted by Crippen LogP contribution is 2.58. The van der Waals surface area contributed by atoms with Gasteiger partial charge in [0, 0.05) is 19.0 Å². The lowest BCUT2D eigenvalue weighted by Crippen LogP contribution is -2.43. The summed E-state index contributed by atoms with van der Waals surface area (Å²) >= 11 is 0. The summed E-state index contributed by atoms with van der Waals surface area (Å²) in [7, 11) is 1.45. The number of carbonyl (C=O) groups excluding carboxylic acids is 4. The van der Waals surface area contributed by atoms with Crippen molar-refractivity contribution in [3.63, 3.8) is 0 Å². The second-order valence-corrected chi connectivity index (χ2v) is 12.9. The van der Waals surface area contributed by atoms with Crippen LogP contribution in [0.3, 0.4) is 0 Å². The molecule has 4 aliphatic rings. The van der Waals surface area contributed by atoms with E-state index < -0.39 is 35.5 Å². The van der Waals surface area contributed by atoms with E-state index in [4.69, 9.17) is 4.74 Å². The first-order chi connectivity index (χ1) is 22.7. The number of ether oxygens (including phenoxy) is 1. The lowest BCUT2D eigenvalue weighted by atomic mass is 9.57. The monoisotopic (exact) mass is 636 g/mol. The molecule has 1 saturated carbocycles.